The SMILES string of the molecule is COc1ccc(CCNC2=CC(=O)[C@@]3(Oc4c(Cl)c(OC)cc(OC)c4C3=O)[C@H](C)C2)cc1. The van der Waals surface area contributed by atoms with Crippen LogP contribution in [0.4, 0.5) is 0 Å². The fourth-order valence-corrected chi connectivity index (χ4v) is 4.68. The van der Waals surface area contributed by atoms with Crippen molar-refractivity contribution >= 4 is 23.2 Å². The number of ketones is 2. The van der Waals surface area contributed by atoms with Gasteiger partial charge in [0.1, 0.15) is 27.8 Å². The van der Waals surface area contributed by atoms with Crippen molar-refractivity contribution in [2.75, 3.05) is 27.9 Å². The first-order chi connectivity index (χ1) is 15.8. The zero-order valence-electron chi connectivity index (χ0n) is 19.0. The summed E-state index contributed by atoms with van der Waals surface area (Å²) >= 11 is 6.42. The maximum absolute atomic E-state index is 13.5. The van der Waals surface area contributed by atoms with Crippen LogP contribution in [0.5, 0.6) is 23.0 Å². The van der Waals surface area contributed by atoms with Crippen LogP contribution in [-0.2, 0) is 11.2 Å². The third-order valence-electron chi connectivity index (χ3n) is 6.23. The lowest BCUT2D eigenvalue weighted by atomic mass is 9.74. The summed E-state index contributed by atoms with van der Waals surface area (Å²) in [5.41, 5.74) is 0.436. The van der Waals surface area contributed by atoms with Crippen LogP contribution in [0, 0.1) is 5.92 Å². The summed E-state index contributed by atoms with van der Waals surface area (Å²) < 4.78 is 21.9. The smallest absolute Gasteiger partial charge is 0.236 e. The highest BCUT2D eigenvalue weighted by Crippen LogP contribution is 2.52. The topological polar surface area (TPSA) is 83.1 Å². The first-order valence-electron chi connectivity index (χ1n) is 10.7. The third-order valence-corrected chi connectivity index (χ3v) is 6.59. The van der Waals surface area contributed by atoms with Gasteiger partial charge in [0.05, 0.1) is 21.3 Å². The second kappa shape index (κ2) is 8.98. The summed E-state index contributed by atoms with van der Waals surface area (Å²) in [5.74, 6) is 0.247. The molecule has 0 bridgehead atoms. The van der Waals surface area contributed by atoms with Gasteiger partial charge >= 0.3 is 0 Å². The van der Waals surface area contributed by atoms with Crippen LogP contribution < -0.4 is 24.3 Å². The maximum Gasteiger partial charge on any atom is 0.236 e. The van der Waals surface area contributed by atoms with Gasteiger partial charge in [-0.25, -0.2) is 0 Å². The fourth-order valence-electron chi connectivity index (χ4n) is 4.41. The molecule has 174 valence electrons. The molecule has 0 saturated carbocycles. The molecule has 2 atom stereocenters. The van der Waals surface area contributed by atoms with Gasteiger partial charge in [-0.2, -0.15) is 0 Å². The van der Waals surface area contributed by atoms with Crippen molar-refractivity contribution in [3.8, 4) is 23.0 Å². The van der Waals surface area contributed by atoms with Gasteiger partial charge in [0, 0.05) is 30.3 Å². The van der Waals surface area contributed by atoms with E-state index < -0.39 is 23.1 Å². The first-order valence-corrected chi connectivity index (χ1v) is 11.0. The van der Waals surface area contributed by atoms with Crippen LogP contribution in [0.15, 0.2) is 42.1 Å². The highest BCUT2D eigenvalue weighted by Gasteiger charge is 2.60. The minimum absolute atomic E-state index is 0.127. The van der Waals surface area contributed by atoms with E-state index >= 15 is 0 Å². The minimum atomic E-state index is -1.66. The van der Waals surface area contributed by atoms with E-state index in [1.165, 1.54) is 26.4 Å². The molecule has 2 aliphatic rings. The van der Waals surface area contributed by atoms with E-state index in [0.29, 0.717) is 18.7 Å². The van der Waals surface area contributed by atoms with E-state index in [-0.39, 0.29) is 22.1 Å². The molecule has 1 N–H and O–H groups in total. The van der Waals surface area contributed by atoms with Crippen LogP contribution in [0.2, 0.25) is 5.02 Å². The summed E-state index contributed by atoms with van der Waals surface area (Å²) in [6.45, 7) is 2.48. The summed E-state index contributed by atoms with van der Waals surface area (Å²) in [6.07, 6.45) is 2.73. The quantitative estimate of drug-likeness (QED) is 0.611. The molecule has 33 heavy (non-hydrogen) atoms. The lowest BCUT2D eigenvalue weighted by molar-refractivity contribution is -0.129. The van der Waals surface area contributed by atoms with Crippen LogP contribution in [-0.4, -0.2) is 45.0 Å². The van der Waals surface area contributed by atoms with Crippen molar-refractivity contribution in [1.82, 2.24) is 5.32 Å². The normalized spacial score (nSPS) is 21.4. The number of benzene rings is 2. The molecule has 1 spiro atoms. The molecule has 0 radical (unpaired) electrons. The Labute approximate surface area is 197 Å². The number of carbonyl (C=O) groups is 2. The summed E-state index contributed by atoms with van der Waals surface area (Å²) in [4.78, 5) is 26.8. The number of Topliss-reactive ketones (excluding diaryl/α,β-unsaturated/α-hetero) is 1. The Balaban J connectivity index is 1.53. The van der Waals surface area contributed by atoms with Crippen molar-refractivity contribution in [2.45, 2.75) is 25.4 Å². The molecule has 2 aromatic rings. The number of fused-ring (bicyclic) bond motifs is 1. The fraction of sp³-hybridized carbons (Fsp3) is 0.360. The van der Waals surface area contributed by atoms with Crippen LogP contribution in [0.25, 0.3) is 0 Å². The molecule has 1 aliphatic carbocycles. The van der Waals surface area contributed by atoms with Gasteiger partial charge in [-0.3, -0.25) is 9.59 Å². The van der Waals surface area contributed by atoms with Gasteiger partial charge in [0.2, 0.25) is 17.2 Å². The van der Waals surface area contributed by atoms with E-state index in [4.69, 9.17) is 30.5 Å². The molecule has 0 unspecified atom stereocenters. The Morgan fingerprint density at radius 2 is 1.79 bits per heavy atom. The van der Waals surface area contributed by atoms with Crippen LogP contribution in [0.3, 0.4) is 0 Å². The Morgan fingerprint density at radius 1 is 1.09 bits per heavy atom. The van der Waals surface area contributed by atoms with Crippen molar-refractivity contribution in [3.05, 3.63) is 58.3 Å². The van der Waals surface area contributed by atoms with Gasteiger partial charge in [-0.15, -0.1) is 0 Å². The first kappa shape index (κ1) is 23.0. The predicted octanol–water partition coefficient (Wildman–Crippen LogP) is 4.00. The van der Waals surface area contributed by atoms with Gasteiger partial charge in [-0.05, 0) is 30.5 Å². The van der Waals surface area contributed by atoms with Gasteiger partial charge in [-0.1, -0.05) is 30.7 Å². The molecular weight excluding hydrogens is 446 g/mol. The average molecular weight is 472 g/mol. The second-order valence-corrected chi connectivity index (χ2v) is 8.51. The van der Waals surface area contributed by atoms with E-state index in [2.05, 4.69) is 5.32 Å². The van der Waals surface area contributed by atoms with Crippen LogP contribution >= 0.6 is 11.6 Å². The number of allylic oxidation sites excluding steroid dienone is 1. The molecule has 0 amide bonds. The number of nitrogens with one attached hydrogen (secondary N) is 1. The number of carbonyl (C=O) groups excluding carboxylic acids is 2. The van der Waals surface area contributed by atoms with Crippen molar-refractivity contribution < 1.29 is 28.5 Å². The van der Waals surface area contributed by atoms with Crippen molar-refractivity contribution in [1.29, 1.82) is 0 Å². The largest absolute Gasteiger partial charge is 0.497 e. The van der Waals surface area contributed by atoms with Gasteiger partial charge in [0.15, 0.2) is 5.75 Å². The van der Waals surface area contributed by atoms with Gasteiger partial charge in [0.25, 0.3) is 0 Å². The minimum Gasteiger partial charge on any atom is -0.497 e. The van der Waals surface area contributed by atoms with E-state index in [1.54, 1.807) is 7.11 Å². The Kier molecular flexibility index (Phi) is 6.26. The Hall–Kier alpha value is -3.19. The number of ether oxygens (including phenoxy) is 4. The zero-order valence-corrected chi connectivity index (χ0v) is 19.7. The highest BCUT2D eigenvalue weighted by molar-refractivity contribution is 6.36. The molecule has 1 heterocycles. The predicted molar refractivity (Wildman–Crippen MR) is 124 cm³/mol. The van der Waals surface area contributed by atoms with Crippen molar-refractivity contribution in [3.63, 3.8) is 0 Å². The van der Waals surface area contributed by atoms with Gasteiger partial charge < -0.3 is 24.3 Å². The Morgan fingerprint density at radius 3 is 2.39 bits per heavy atom. The highest BCUT2D eigenvalue weighted by atomic mass is 35.5. The number of rotatable bonds is 7. The number of halogens is 1. The second-order valence-electron chi connectivity index (χ2n) is 8.13. The molecule has 4 rings (SSSR count). The summed E-state index contributed by atoms with van der Waals surface area (Å²) in [5, 5.41) is 3.47. The Bertz CT molecular complexity index is 1130. The number of methoxy groups -OCH3 is 3. The molecule has 0 saturated heterocycles. The standard InChI is InChI=1S/C25H26ClNO6/c1-14-11-16(27-10-9-15-5-7-17(30-2)8-6-15)12-20(28)25(14)24(29)21-18(31-3)13-19(32-4)22(26)23(21)33-25/h5-8,12-14,27H,9-11H2,1-4H3/t14-,25+/m1/s1. The zero-order chi connectivity index (χ0) is 23.8. The molecule has 2 aromatic carbocycles. The third kappa shape index (κ3) is 3.80. The van der Waals surface area contributed by atoms with Crippen LogP contribution in [0.1, 0.15) is 29.3 Å². The monoisotopic (exact) mass is 471 g/mol. The lowest BCUT2D eigenvalue weighted by Gasteiger charge is -2.35. The summed E-state index contributed by atoms with van der Waals surface area (Å²) in [7, 11) is 4.54. The van der Waals surface area contributed by atoms with E-state index in [0.717, 1.165) is 23.4 Å². The molecule has 1 aliphatic heterocycles. The summed E-state index contributed by atoms with van der Waals surface area (Å²) in [6, 6.07) is 9.37. The molecule has 8 heteroatoms. The average Bonchev–Trinajstić information content (AvgIpc) is 3.13. The number of hydrogen-bond acceptors (Lipinski definition) is 7. The van der Waals surface area contributed by atoms with E-state index in [1.807, 2.05) is 31.2 Å². The van der Waals surface area contributed by atoms with E-state index in [9.17, 15) is 9.59 Å². The number of hydrogen-bond donors (Lipinski definition) is 1. The molecule has 0 aromatic heterocycles. The molecular formula is C25H26ClNO6. The maximum atomic E-state index is 13.5. The molecule has 0 fully saturated rings. The molecule has 7 nitrogen and oxygen atoms in total. The lowest BCUT2D eigenvalue weighted by Crippen LogP contribution is -2.55. The van der Waals surface area contributed by atoms with Crippen molar-refractivity contribution in [2.24, 2.45) is 5.92 Å².